The molecule has 0 saturated heterocycles. The van der Waals surface area contributed by atoms with Gasteiger partial charge in [-0.1, -0.05) is 60.7 Å². The van der Waals surface area contributed by atoms with Crippen molar-refractivity contribution in [3.05, 3.63) is 83.9 Å². The summed E-state index contributed by atoms with van der Waals surface area (Å²) < 4.78 is 0. The lowest BCUT2D eigenvalue weighted by Gasteiger charge is -2.14. The Morgan fingerprint density at radius 2 is 1.00 bits per heavy atom. The van der Waals surface area contributed by atoms with Gasteiger partial charge in [-0.3, -0.25) is 0 Å². The third-order valence-electron chi connectivity index (χ3n) is 5.83. The molecular weight excluding hydrogens is 416 g/mol. The number of aromatic nitrogens is 6. The molecule has 33 heavy (non-hydrogen) atoms. The summed E-state index contributed by atoms with van der Waals surface area (Å²) >= 11 is 0. The van der Waals surface area contributed by atoms with Crippen LogP contribution in [0.3, 0.4) is 0 Å². The van der Waals surface area contributed by atoms with Gasteiger partial charge in [0.25, 0.3) is 0 Å². The summed E-state index contributed by atoms with van der Waals surface area (Å²) in [7, 11) is 0. The van der Waals surface area contributed by atoms with Crippen LogP contribution in [-0.2, 0) is 6.42 Å². The smallest absolute Gasteiger partial charge is 0.129 e. The summed E-state index contributed by atoms with van der Waals surface area (Å²) in [5.74, 6) is 0.201. The average Bonchev–Trinajstić information content (AvgIpc) is 3.50. The number of hydrogen-bond donors (Lipinski definition) is 4. The van der Waals surface area contributed by atoms with Crippen LogP contribution in [0.1, 0.15) is 11.1 Å². The fraction of sp³-hybridized carbons (Fsp3) is 0.0400. The second-order valence-electron chi connectivity index (χ2n) is 7.81. The van der Waals surface area contributed by atoms with Gasteiger partial charge in [0.05, 0.1) is 11.1 Å². The van der Waals surface area contributed by atoms with Crippen molar-refractivity contribution in [1.82, 2.24) is 30.8 Å². The number of nitrogens with one attached hydrogen (secondary N) is 2. The minimum absolute atomic E-state index is 0.100. The lowest BCUT2D eigenvalue weighted by atomic mass is 9.93. The number of nitrogens with zero attached hydrogens (tertiary/aromatic N) is 4. The van der Waals surface area contributed by atoms with E-state index in [0.29, 0.717) is 44.3 Å². The molecule has 6 aromatic rings. The zero-order valence-corrected chi connectivity index (χ0v) is 17.3. The molecule has 8 heteroatoms. The van der Waals surface area contributed by atoms with Crippen LogP contribution in [0.5, 0.6) is 11.5 Å². The van der Waals surface area contributed by atoms with Gasteiger partial charge in [0.1, 0.15) is 33.6 Å². The summed E-state index contributed by atoms with van der Waals surface area (Å²) in [6.07, 6.45) is 0.267. The van der Waals surface area contributed by atoms with Gasteiger partial charge >= 0.3 is 0 Å². The summed E-state index contributed by atoms with van der Waals surface area (Å²) in [5.41, 5.74) is 6.53. The van der Waals surface area contributed by atoms with Crippen molar-refractivity contribution >= 4 is 22.1 Å². The van der Waals surface area contributed by atoms with E-state index in [1.165, 1.54) is 0 Å². The standard InChI is InChI=1S/C25H18N6O2/c32-24-16(12-18-22(28-30-26-18)20(24)14-7-3-1-4-8-14)11-17-13-19-23(29-31-27-19)21(25(17)33)15-9-5-2-6-10-15/h1-10,12-13,32-33H,11H2,(H,26,28,30)(H,27,29,31). The van der Waals surface area contributed by atoms with Gasteiger partial charge in [-0.25, -0.2) is 0 Å². The van der Waals surface area contributed by atoms with E-state index in [1.807, 2.05) is 60.7 Å². The van der Waals surface area contributed by atoms with Gasteiger partial charge in [-0.05, 0) is 23.3 Å². The van der Waals surface area contributed by atoms with E-state index in [4.69, 9.17) is 0 Å². The first kappa shape index (κ1) is 19.0. The number of benzene rings is 4. The quantitative estimate of drug-likeness (QED) is 0.322. The fourth-order valence-electron chi connectivity index (χ4n) is 4.29. The summed E-state index contributed by atoms with van der Waals surface area (Å²) in [6.45, 7) is 0. The minimum Gasteiger partial charge on any atom is -0.507 e. The Morgan fingerprint density at radius 1 is 0.576 bits per heavy atom. The molecule has 0 atom stereocenters. The zero-order valence-electron chi connectivity index (χ0n) is 17.3. The van der Waals surface area contributed by atoms with Crippen molar-refractivity contribution in [2.24, 2.45) is 0 Å². The van der Waals surface area contributed by atoms with Gasteiger partial charge < -0.3 is 10.2 Å². The highest BCUT2D eigenvalue weighted by atomic mass is 16.3. The van der Waals surface area contributed by atoms with E-state index in [-0.39, 0.29) is 17.9 Å². The van der Waals surface area contributed by atoms with Crippen molar-refractivity contribution in [2.75, 3.05) is 0 Å². The molecule has 4 aromatic carbocycles. The normalized spacial score (nSPS) is 11.4. The van der Waals surface area contributed by atoms with Crippen molar-refractivity contribution in [2.45, 2.75) is 6.42 Å². The molecule has 0 aliphatic heterocycles. The van der Waals surface area contributed by atoms with Gasteiger partial charge in [0.2, 0.25) is 0 Å². The van der Waals surface area contributed by atoms with E-state index in [1.54, 1.807) is 12.1 Å². The van der Waals surface area contributed by atoms with Crippen LogP contribution in [0.4, 0.5) is 0 Å². The maximum Gasteiger partial charge on any atom is 0.129 e. The lowest BCUT2D eigenvalue weighted by Crippen LogP contribution is -1.95. The van der Waals surface area contributed by atoms with E-state index in [9.17, 15) is 10.2 Å². The van der Waals surface area contributed by atoms with Gasteiger partial charge in [-0.15, -0.1) is 0 Å². The zero-order chi connectivity index (χ0) is 22.4. The van der Waals surface area contributed by atoms with Crippen molar-refractivity contribution < 1.29 is 10.2 Å². The molecular formula is C25H18N6O2. The summed E-state index contributed by atoms with van der Waals surface area (Å²) in [6, 6.07) is 22.7. The van der Waals surface area contributed by atoms with Crippen LogP contribution < -0.4 is 0 Å². The number of H-pyrrole nitrogens is 2. The molecule has 0 saturated carbocycles. The molecule has 2 aromatic heterocycles. The third kappa shape index (κ3) is 3.08. The molecule has 0 amide bonds. The van der Waals surface area contributed by atoms with Crippen molar-refractivity contribution in [3.8, 4) is 33.8 Å². The monoisotopic (exact) mass is 434 g/mol. The van der Waals surface area contributed by atoms with Gasteiger partial charge in [0, 0.05) is 17.5 Å². The van der Waals surface area contributed by atoms with Crippen LogP contribution in [0, 0.1) is 0 Å². The Balaban J connectivity index is 1.55. The van der Waals surface area contributed by atoms with Crippen molar-refractivity contribution in [3.63, 3.8) is 0 Å². The first-order chi connectivity index (χ1) is 16.2. The molecule has 6 rings (SSSR count). The van der Waals surface area contributed by atoms with Crippen LogP contribution in [0.15, 0.2) is 72.8 Å². The number of aromatic hydroxyl groups is 2. The van der Waals surface area contributed by atoms with Crippen molar-refractivity contribution in [1.29, 1.82) is 0 Å². The highest BCUT2D eigenvalue weighted by Gasteiger charge is 2.21. The van der Waals surface area contributed by atoms with E-state index >= 15 is 0 Å². The molecule has 4 N–H and O–H groups in total. The van der Waals surface area contributed by atoms with E-state index in [2.05, 4.69) is 30.8 Å². The molecule has 0 fully saturated rings. The number of hydrogen-bond acceptors (Lipinski definition) is 6. The van der Waals surface area contributed by atoms with E-state index < -0.39 is 0 Å². The maximum absolute atomic E-state index is 11.3. The topological polar surface area (TPSA) is 124 Å². The highest BCUT2D eigenvalue weighted by molar-refractivity contribution is 5.97. The first-order valence-electron chi connectivity index (χ1n) is 10.4. The molecule has 0 bridgehead atoms. The Bertz CT molecular complexity index is 1490. The van der Waals surface area contributed by atoms with Gasteiger partial charge in [-0.2, -0.15) is 30.8 Å². The van der Waals surface area contributed by atoms with Crippen LogP contribution in [-0.4, -0.2) is 41.0 Å². The number of phenols is 2. The molecule has 0 aliphatic rings. The summed E-state index contributed by atoms with van der Waals surface area (Å²) in [5, 5.41) is 44.8. The minimum atomic E-state index is 0.100. The lowest BCUT2D eigenvalue weighted by molar-refractivity contribution is 0.466. The fourth-order valence-corrected chi connectivity index (χ4v) is 4.29. The molecule has 160 valence electrons. The number of phenolic OH excluding ortho intramolecular Hbond substituents is 2. The Morgan fingerprint density at radius 3 is 1.42 bits per heavy atom. The predicted molar refractivity (Wildman–Crippen MR) is 125 cm³/mol. The Hall–Kier alpha value is -4.72. The molecule has 0 spiro atoms. The van der Waals surface area contributed by atoms with E-state index in [0.717, 1.165) is 11.1 Å². The van der Waals surface area contributed by atoms with Crippen LogP contribution in [0.25, 0.3) is 44.3 Å². The second kappa shape index (κ2) is 7.45. The molecule has 2 heterocycles. The molecule has 8 nitrogen and oxygen atoms in total. The maximum atomic E-state index is 11.3. The third-order valence-corrected chi connectivity index (χ3v) is 5.83. The Labute approximate surface area is 187 Å². The van der Waals surface area contributed by atoms with Crippen LogP contribution >= 0.6 is 0 Å². The number of fused-ring (bicyclic) bond motifs is 2. The first-order valence-corrected chi connectivity index (χ1v) is 10.4. The molecule has 0 aliphatic carbocycles. The number of aromatic amines is 2. The SMILES string of the molecule is Oc1c(Cc2cc3n[nH]nc3c(-c3ccccc3)c2O)cc2n[nH]nc2c1-c1ccccc1. The van der Waals surface area contributed by atoms with Crippen LogP contribution in [0.2, 0.25) is 0 Å². The molecule has 0 radical (unpaired) electrons. The summed E-state index contributed by atoms with van der Waals surface area (Å²) in [4.78, 5) is 0. The predicted octanol–water partition coefficient (Wildman–Crippen LogP) is 4.57. The number of rotatable bonds is 4. The largest absolute Gasteiger partial charge is 0.507 e. The second-order valence-corrected chi connectivity index (χ2v) is 7.81. The highest BCUT2D eigenvalue weighted by Crippen LogP contribution is 2.42. The Kier molecular flexibility index (Phi) is 4.29. The average molecular weight is 434 g/mol. The van der Waals surface area contributed by atoms with Gasteiger partial charge in [0.15, 0.2) is 0 Å². The molecule has 0 unspecified atom stereocenters.